The van der Waals surface area contributed by atoms with Crippen LogP contribution in [0, 0.1) is 0 Å². The van der Waals surface area contributed by atoms with Crippen molar-refractivity contribution in [2.24, 2.45) is 0 Å². The number of benzene rings is 1. The summed E-state index contributed by atoms with van der Waals surface area (Å²) in [5.74, 6) is 1.01. The number of aromatic nitrogens is 3. The molecule has 0 aliphatic carbocycles. The van der Waals surface area contributed by atoms with Gasteiger partial charge in [0, 0.05) is 23.3 Å². The average Bonchev–Trinajstić information content (AvgIpc) is 2.40. The fraction of sp³-hybridized carbons (Fsp3) is 0. The van der Waals surface area contributed by atoms with Crippen LogP contribution in [-0.2, 0) is 0 Å². The van der Waals surface area contributed by atoms with Crippen molar-refractivity contribution < 1.29 is 5.11 Å². The van der Waals surface area contributed by atoms with Crippen LogP contribution in [0.4, 0.5) is 5.82 Å². The third kappa shape index (κ3) is 1.71. The van der Waals surface area contributed by atoms with Crippen molar-refractivity contribution in [3.05, 3.63) is 42.7 Å². The molecule has 0 saturated heterocycles. The fourth-order valence-electron chi connectivity index (χ4n) is 1.76. The van der Waals surface area contributed by atoms with Gasteiger partial charge in [-0.1, -0.05) is 0 Å². The third-order valence-corrected chi connectivity index (χ3v) is 2.63. The van der Waals surface area contributed by atoms with Gasteiger partial charge in [-0.05, 0) is 30.3 Å². The van der Waals surface area contributed by atoms with Gasteiger partial charge in [0.2, 0.25) is 0 Å². The Labute approximate surface area is 103 Å². The number of nitrogens with two attached hydrogens (primary N) is 1. The summed E-state index contributed by atoms with van der Waals surface area (Å²) in [5, 5.41) is 10.1. The second-order valence-corrected chi connectivity index (χ2v) is 3.88. The van der Waals surface area contributed by atoms with E-state index in [1.54, 1.807) is 30.6 Å². The molecule has 1 aromatic carbocycles. The van der Waals surface area contributed by atoms with Crippen LogP contribution in [0.3, 0.4) is 0 Å². The van der Waals surface area contributed by atoms with Crippen LogP contribution in [0.2, 0.25) is 0 Å². The topological polar surface area (TPSA) is 84.9 Å². The van der Waals surface area contributed by atoms with E-state index < -0.39 is 0 Å². The SMILES string of the molecule is Nc1nc(-c2cccnc2)nc2ccc(O)cc12. The summed E-state index contributed by atoms with van der Waals surface area (Å²) in [6.45, 7) is 0. The standard InChI is InChI=1S/C13H10N4O/c14-12-10-6-9(18)3-4-11(10)16-13(17-12)8-2-1-5-15-7-8/h1-7,18H,(H2,14,16,17). The van der Waals surface area contributed by atoms with Gasteiger partial charge in [0.25, 0.3) is 0 Å². The van der Waals surface area contributed by atoms with Crippen LogP contribution in [-0.4, -0.2) is 20.1 Å². The molecule has 0 saturated carbocycles. The van der Waals surface area contributed by atoms with E-state index in [0.29, 0.717) is 22.5 Å². The zero-order valence-electron chi connectivity index (χ0n) is 9.41. The van der Waals surface area contributed by atoms with E-state index >= 15 is 0 Å². The van der Waals surface area contributed by atoms with Gasteiger partial charge < -0.3 is 10.8 Å². The predicted molar refractivity (Wildman–Crippen MR) is 68.8 cm³/mol. The number of aromatic hydroxyl groups is 1. The minimum atomic E-state index is 0.145. The van der Waals surface area contributed by atoms with Gasteiger partial charge in [-0.25, -0.2) is 9.97 Å². The maximum atomic E-state index is 9.42. The van der Waals surface area contributed by atoms with Crippen molar-refractivity contribution in [1.82, 2.24) is 15.0 Å². The minimum absolute atomic E-state index is 0.145. The highest BCUT2D eigenvalue weighted by Crippen LogP contribution is 2.25. The zero-order valence-corrected chi connectivity index (χ0v) is 9.41. The summed E-state index contributed by atoms with van der Waals surface area (Å²) in [7, 11) is 0. The van der Waals surface area contributed by atoms with Crippen LogP contribution in [0.5, 0.6) is 5.75 Å². The lowest BCUT2D eigenvalue weighted by Gasteiger charge is -2.05. The summed E-state index contributed by atoms with van der Waals surface area (Å²) in [6.07, 6.45) is 3.37. The Morgan fingerprint density at radius 2 is 2.00 bits per heavy atom. The molecule has 0 radical (unpaired) electrons. The van der Waals surface area contributed by atoms with E-state index in [9.17, 15) is 5.11 Å². The zero-order chi connectivity index (χ0) is 12.5. The predicted octanol–water partition coefficient (Wildman–Crippen LogP) is 1.98. The van der Waals surface area contributed by atoms with Gasteiger partial charge in [0.15, 0.2) is 5.82 Å². The van der Waals surface area contributed by atoms with E-state index in [1.807, 2.05) is 12.1 Å². The summed E-state index contributed by atoms with van der Waals surface area (Å²) >= 11 is 0. The first kappa shape index (κ1) is 10.5. The van der Waals surface area contributed by atoms with Gasteiger partial charge in [0.05, 0.1) is 5.52 Å². The third-order valence-electron chi connectivity index (χ3n) is 2.63. The Morgan fingerprint density at radius 1 is 1.11 bits per heavy atom. The molecule has 0 atom stereocenters. The Hall–Kier alpha value is -2.69. The quantitative estimate of drug-likeness (QED) is 0.677. The lowest BCUT2D eigenvalue weighted by Crippen LogP contribution is -1.97. The number of hydrogen-bond donors (Lipinski definition) is 2. The monoisotopic (exact) mass is 238 g/mol. The number of nitrogens with zero attached hydrogens (tertiary/aromatic N) is 3. The molecule has 3 aromatic rings. The number of phenolic OH excluding ortho intramolecular Hbond substituents is 1. The second kappa shape index (κ2) is 3.96. The molecule has 18 heavy (non-hydrogen) atoms. The normalized spacial score (nSPS) is 10.7. The van der Waals surface area contributed by atoms with Gasteiger partial charge in [-0.2, -0.15) is 0 Å². The molecular formula is C13H10N4O. The van der Waals surface area contributed by atoms with Crippen molar-refractivity contribution in [2.45, 2.75) is 0 Å². The van der Waals surface area contributed by atoms with Crippen LogP contribution in [0.25, 0.3) is 22.3 Å². The lowest BCUT2D eigenvalue weighted by molar-refractivity contribution is 0.476. The van der Waals surface area contributed by atoms with Gasteiger partial charge in [-0.15, -0.1) is 0 Å². The molecule has 0 fully saturated rings. The smallest absolute Gasteiger partial charge is 0.163 e. The molecule has 0 aliphatic heterocycles. The van der Waals surface area contributed by atoms with Crippen LogP contribution >= 0.6 is 0 Å². The maximum absolute atomic E-state index is 9.42. The highest BCUT2D eigenvalue weighted by molar-refractivity contribution is 5.90. The highest BCUT2D eigenvalue weighted by atomic mass is 16.3. The van der Waals surface area contributed by atoms with Crippen molar-refractivity contribution in [1.29, 1.82) is 0 Å². The molecule has 0 unspecified atom stereocenters. The molecular weight excluding hydrogens is 228 g/mol. The summed E-state index contributed by atoms with van der Waals surface area (Å²) < 4.78 is 0. The number of hydrogen-bond acceptors (Lipinski definition) is 5. The Balaban J connectivity index is 2.25. The number of nitrogen functional groups attached to an aromatic ring is 1. The molecule has 0 aliphatic rings. The summed E-state index contributed by atoms with van der Waals surface area (Å²) in [4.78, 5) is 12.7. The number of rotatable bonds is 1. The number of pyridine rings is 1. The number of fused-ring (bicyclic) bond motifs is 1. The van der Waals surface area contributed by atoms with Crippen LogP contribution < -0.4 is 5.73 Å². The maximum Gasteiger partial charge on any atom is 0.163 e. The Bertz CT molecular complexity index is 713. The van der Waals surface area contributed by atoms with Gasteiger partial charge >= 0.3 is 0 Å². The molecule has 88 valence electrons. The van der Waals surface area contributed by atoms with Crippen molar-refractivity contribution in [2.75, 3.05) is 5.73 Å². The molecule has 3 rings (SSSR count). The van der Waals surface area contributed by atoms with Crippen molar-refractivity contribution in [3.8, 4) is 17.1 Å². The summed E-state index contributed by atoms with van der Waals surface area (Å²) in [5.41, 5.74) is 7.38. The number of anilines is 1. The summed E-state index contributed by atoms with van der Waals surface area (Å²) in [6, 6.07) is 8.52. The molecule has 0 spiro atoms. The average molecular weight is 238 g/mol. The first-order valence-corrected chi connectivity index (χ1v) is 5.41. The van der Waals surface area contributed by atoms with E-state index in [1.165, 1.54) is 0 Å². The Morgan fingerprint density at radius 3 is 2.78 bits per heavy atom. The van der Waals surface area contributed by atoms with Gasteiger partial charge in [0.1, 0.15) is 11.6 Å². The van der Waals surface area contributed by atoms with E-state index in [2.05, 4.69) is 15.0 Å². The van der Waals surface area contributed by atoms with E-state index in [0.717, 1.165) is 5.56 Å². The molecule has 5 nitrogen and oxygen atoms in total. The van der Waals surface area contributed by atoms with E-state index in [-0.39, 0.29) is 5.75 Å². The fourth-order valence-corrected chi connectivity index (χ4v) is 1.76. The van der Waals surface area contributed by atoms with E-state index in [4.69, 9.17) is 5.73 Å². The van der Waals surface area contributed by atoms with Crippen LogP contribution in [0.15, 0.2) is 42.7 Å². The van der Waals surface area contributed by atoms with Crippen molar-refractivity contribution >= 4 is 16.7 Å². The van der Waals surface area contributed by atoms with Gasteiger partial charge in [-0.3, -0.25) is 4.98 Å². The lowest BCUT2D eigenvalue weighted by atomic mass is 10.2. The first-order valence-electron chi connectivity index (χ1n) is 5.41. The molecule has 2 heterocycles. The molecule has 0 amide bonds. The molecule has 0 bridgehead atoms. The molecule has 5 heteroatoms. The first-order chi connectivity index (χ1) is 8.74. The molecule has 3 N–H and O–H groups in total. The van der Waals surface area contributed by atoms with Crippen LogP contribution in [0.1, 0.15) is 0 Å². The Kier molecular flexibility index (Phi) is 2.30. The molecule has 2 aromatic heterocycles. The minimum Gasteiger partial charge on any atom is -0.508 e. The second-order valence-electron chi connectivity index (χ2n) is 3.88. The largest absolute Gasteiger partial charge is 0.508 e. The van der Waals surface area contributed by atoms with Crippen molar-refractivity contribution in [3.63, 3.8) is 0 Å². The number of phenols is 1. The highest BCUT2D eigenvalue weighted by Gasteiger charge is 2.07.